The zero-order chi connectivity index (χ0) is 15.9. The van der Waals surface area contributed by atoms with Crippen LogP contribution in [0.3, 0.4) is 0 Å². The standard InChI is InChI=1S/C16H17N3O3/c1-11-6-7-13(9-12(11)2)21-10-15(20)22-19-16(17)14-5-3-4-8-18-14/h3-9H,10H2,1-2H3,(H2,17,19)/p+1. The van der Waals surface area contributed by atoms with Crippen molar-refractivity contribution in [2.24, 2.45) is 10.9 Å². The maximum absolute atomic E-state index is 11.6. The van der Waals surface area contributed by atoms with Gasteiger partial charge in [0.2, 0.25) is 11.5 Å². The van der Waals surface area contributed by atoms with Crippen molar-refractivity contribution in [3.05, 3.63) is 59.4 Å². The minimum atomic E-state index is -0.628. The van der Waals surface area contributed by atoms with E-state index in [1.807, 2.05) is 26.0 Å². The fourth-order valence-corrected chi connectivity index (χ4v) is 1.67. The second-order valence-corrected chi connectivity index (χ2v) is 4.75. The first-order valence-electron chi connectivity index (χ1n) is 6.76. The summed E-state index contributed by atoms with van der Waals surface area (Å²) in [5.74, 6) is 0.0608. The largest absolute Gasteiger partial charge is 0.482 e. The number of hydrogen-bond acceptors (Lipinski definition) is 4. The molecule has 0 aliphatic carbocycles. The van der Waals surface area contributed by atoms with E-state index in [4.69, 9.17) is 15.3 Å². The number of benzene rings is 1. The van der Waals surface area contributed by atoms with Gasteiger partial charge in [-0.25, -0.2) is 9.78 Å². The number of ether oxygens (including phenoxy) is 1. The SMILES string of the molecule is Cc1ccc(OCC(=O)ON=C(N)c2cccc[nH+]2)cc1C. The molecule has 6 heteroatoms. The third kappa shape index (κ3) is 4.31. The van der Waals surface area contributed by atoms with Crippen LogP contribution in [0.25, 0.3) is 0 Å². The van der Waals surface area contributed by atoms with Gasteiger partial charge in [-0.1, -0.05) is 11.2 Å². The highest BCUT2D eigenvalue weighted by atomic mass is 16.7. The number of nitrogens with one attached hydrogen (secondary N) is 1. The summed E-state index contributed by atoms with van der Waals surface area (Å²) in [4.78, 5) is 19.2. The van der Waals surface area contributed by atoms with Crippen LogP contribution in [0.2, 0.25) is 0 Å². The Hall–Kier alpha value is -2.89. The molecule has 6 nitrogen and oxygen atoms in total. The van der Waals surface area contributed by atoms with Gasteiger partial charge < -0.3 is 15.3 Å². The number of pyridine rings is 1. The summed E-state index contributed by atoms with van der Waals surface area (Å²) in [5, 5.41) is 3.57. The smallest absolute Gasteiger partial charge is 0.372 e. The van der Waals surface area contributed by atoms with Crippen LogP contribution >= 0.6 is 0 Å². The summed E-state index contributed by atoms with van der Waals surface area (Å²) < 4.78 is 5.35. The van der Waals surface area contributed by atoms with Crippen molar-refractivity contribution in [2.75, 3.05) is 6.61 Å². The Morgan fingerprint density at radius 1 is 1.23 bits per heavy atom. The molecule has 2 rings (SSSR count). The molecule has 1 heterocycles. The Morgan fingerprint density at radius 3 is 2.73 bits per heavy atom. The fourth-order valence-electron chi connectivity index (χ4n) is 1.67. The number of amidine groups is 1. The van der Waals surface area contributed by atoms with E-state index in [9.17, 15) is 4.79 Å². The van der Waals surface area contributed by atoms with E-state index in [0.717, 1.165) is 11.1 Å². The van der Waals surface area contributed by atoms with Crippen LogP contribution in [-0.2, 0) is 9.63 Å². The summed E-state index contributed by atoms with van der Waals surface area (Å²) in [6.07, 6.45) is 1.70. The molecule has 0 spiro atoms. The number of rotatable bonds is 5. The lowest BCUT2D eigenvalue weighted by Gasteiger charge is -2.06. The van der Waals surface area contributed by atoms with Crippen LogP contribution in [0, 0.1) is 13.8 Å². The minimum Gasteiger partial charge on any atom is -0.482 e. The van der Waals surface area contributed by atoms with Crippen molar-refractivity contribution in [3.63, 3.8) is 0 Å². The molecule has 0 amide bonds. The molecule has 0 atom stereocenters. The Morgan fingerprint density at radius 2 is 2.05 bits per heavy atom. The summed E-state index contributed by atoms with van der Waals surface area (Å²) in [5.41, 5.74) is 8.50. The molecule has 0 saturated carbocycles. The highest BCUT2D eigenvalue weighted by molar-refractivity contribution is 5.94. The van der Waals surface area contributed by atoms with Gasteiger partial charge in [-0.15, -0.1) is 0 Å². The lowest BCUT2D eigenvalue weighted by molar-refractivity contribution is -0.380. The van der Waals surface area contributed by atoms with Gasteiger partial charge in [0.05, 0.1) is 0 Å². The summed E-state index contributed by atoms with van der Waals surface area (Å²) in [6.45, 7) is 3.74. The predicted molar refractivity (Wildman–Crippen MR) is 81.2 cm³/mol. The monoisotopic (exact) mass is 300 g/mol. The van der Waals surface area contributed by atoms with Crippen molar-refractivity contribution in [1.29, 1.82) is 0 Å². The maximum atomic E-state index is 11.6. The Labute approximate surface area is 128 Å². The topological polar surface area (TPSA) is 88.0 Å². The third-order valence-corrected chi connectivity index (χ3v) is 3.07. The number of H-pyrrole nitrogens is 1. The van der Waals surface area contributed by atoms with E-state index in [1.165, 1.54) is 0 Å². The van der Waals surface area contributed by atoms with Gasteiger partial charge >= 0.3 is 5.97 Å². The summed E-state index contributed by atoms with van der Waals surface area (Å²) in [6, 6.07) is 10.9. The molecule has 0 saturated heterocycles. The van der Waals surface area contributed by atoms with Crippen molar-refractivity contribution in [3.8, 4) is 5.75 Å². The molecule has 1 aromatic carbocycles. The summed E-state index contributed by atoms with van der Waals surface area (Å²) in [7, 11) is 0. The number of carbonyl (C=O) groups excluding carboxylic acids is 1. The lowest BCUT2D eigenvalue weighted by Crippen LogP contribution is -2.25. The van der Waals surface area contributed by atoms with Gasteiger partial charge in [0, 0.05) is 12.1 Å². The number of hydrogen-bond donors (Lipinski definition) is 1. The van der Waals surface area contributed by atoms with Crippen LogP contribution < -0.4 is 15.5 Å². The number of nitrogens with two attached hydrogens (primary N) is 1. The molecular weight excluding hydrogens is 282 g/mol. The first-order chi connectivity index (χ1) is 10.6. The molecule has 114 valence electrons. The molecular formula is C16H18N3O3+. The van der Waals surface area contributed by atoms with Gasteiger partial charge in [0.1, 0.15) is 5.75 Å². The van der Waals surface area contributed by atoms with Gasteiger partial charge in [-0.05, 0) is 43.2 Å². The van der Waals surface area contributed by atoms with Gasteiger partial charge in [0.25, 0.3) is 0 Å². The van der Waals surface area contributed by atoms with Crippen molar-refractivity contribution in [2.45, 2.75) is 13.8 Å². The molecule has 0 aliphatic rings. The first-order valence-corrected chi connectivity index (χ1v) is 6.76. The molecule has 2 aromatic rings. The Bertz CT molecular complexity index is 684. The second kappa shape index (κ2) is 7.21. The molecule has 1 aromatic heterocycles. The maximum Gasteiger partial charge on any atom is 0.372 e. The first kappa shape index (κ1) is 15.5. The number of oxime groups is 1. The predicted octanol–water partition coefficient (Wildman–Crippen LogP) is 1.36. The van der Waals surface area contributed by atoms with Gasteiger partial charge in [-0.2, -0.15) is 0 Å². The normalized spacial score (nSPS) is 11.1. The molecule has 22 heavy (non-hydrogen) atoms. The van der Waals surface area contributed by atoms with Crippen molar-refractivity contribution < 1.29 is 19.4 Å². The van der Waals surface area contributed by atoms with E-state index >= 15 is 0 Å². The average Bonchev–Trinajstić information content (AvgIpc) is 2.54. The molecule has 0 unspecified atom stereocenters. The fraction of sp³-hybridized carbons (Fsp3) is 0.188. The molecule has 3 N–H and O–H groups in total. The van der Waals surface area contributed by atoms with E-state index in [-0.39, 0.29) is 12.4 Å². The average molecular weight is 300 g/mol. The second-order valence-electron chi connectivity index (χ2n) is 4.75. The van der Waals surface area contributed by atoms with Crippen LogP contribution in [0.15, 0.2) is 47.8 Å². The van der Waals surface area contributed by atoms with Gasteiger partial charge in [0.15, 0.2) is 12.8 Å². The van der Waals surface area contributed by atoms with Crippen LogP contribution in [0.5, 0.6) is 5.75 Å². The minimum absolute atomic E-state index is 0.0835. The highest BCUT2D eigenvalue weighted by Gasteiger charge is 2.09. The Kier molecular flexibility index (Phi) is 5.08. The number of aryl methyl sites for hydroxylation is 2. The molecule has 0 radical (unpaired) electrons. The number of aromatic nitrogens is 1. The zero-order valence-corrected chi connectivity index (χ0v) is 12.5. The molecule has 0 aliphatic heterocycles. The number of nitrogens with zero attached hydrogens (tertiary/aromatic N) is 1. The van der Waals surface area contributed by atoms with Crippen molar-refractivity contribution in [1.82, 2.24) is 0 Å². The van der Waals surface area contributed by atoms with E-state index < -0.39 is 5.97 Å². The van der Waals surface area contributed by atoms with Gasteiger partial charge in [-0.3, -0.25) is 0 Å². The highest BCUT2D eigenvalue weighted by Crippen LogP contribution is 2.16. The van der Waals surface area contributed by atoms with E-state index in [0.29, 0.717) is 11.4 Å². The van der Waals surface area contributed by atoms with Crippen LogP contribution in [0.4, 0.5) is 0 Å². The third-order valence-electron chi connectivity index (χ3n) is 3.07. The van der Waals surface area contributed by atoms with Crippen molar-refractivity contribution >= 4 is 11.8 Å². The lowest BCUT2D eigenvalue weighted by atomic mass is 10.1. The number of carbonyl (C=O) groups is 1. The quantitative estimate of drug-likeness (QED) is 0.391. The number of aromatic amines is 1. The summed E-state index contributed by atoms with van der Waals surface area (Å²) >= 11 is 0. The van der Waals surface area contributed by atoms with E-state index in [1.54, 1.807) is 30.5 Å². The molecule has 0 bridgehead atoms. The van der Waals surface area contributed by atoms with Crippen LogP contribution in [-0.4, -0.2) is 18.4 Å². The van der Waals surface area contributed by atoms with E-state index in [2.05, 4.69) is 10.1 Å². The molecule has 0 fully saturated rings. The zero-order valence-electron chi connectivity index (χ0n) is 12.5. The Balaban J connectivity index is 1.86. The van der Waals surface area contributed by atoms with Crippen LogP contribution in [0.1, 0.15) is 16.8 Å².